The number of hydrogen-bond acceptors (Lipinski definition) is 4. The molecule has 0 radical (unpaired) electrons. The second-order valence-corrected chi connectivity index (χ2v) is 7.10. The molecule has 2 rings (SSSR count). The molecular weight excluding hydrogens is 332 g/mol. The minimum atomic E-state index is -3.50. The molecule has 0 aromatic heterocycles. The molecule has 2 N–H and O–H groups in total. The number of sulfonamides is 1. The zero-order valence-corrected chi connectivity index (χ0v) is 13.1. The Morgan fingerprint density at radius 2 is 2.32 bits per heavy atom. The lowest BCUT2D eigenvalue weighted by Crippen LogP contribution is -2.48. The maximum atomic E-state index is 12.2. The molecule has 1 aromatic carbocycles. The molecule has 0 amide bonds. The predicted molar refractivity (Wildman–Crippen MR) is 76.7 cm³/mol. The topological polar surface area (TPSA) is 67.4 Å². The summed E-state index contributed by atoms with van der Waals surface area (Å²) in [4.78, 5) is 0.259. The molecule has 106 valence electrons. The van der Waals surface area contributed by atoms with Crippen LogP contribution in [0.1, 0.15) is 5.56 Å². The van der Waals surface area contributed by atoms with Gasteiger partial charge < -0.3 is 10.1 Å². The fraction of sp³-hybridized carbons (Fsp3) is 0.500. The summed E-state index contributed by atoms with van der Waals surface area (Å²) in [6.45, 7) is 4.19. The fourth-order valence-electron chi connectivity index (χ4n) is 1.86. The van der Waals surface area contributed by atoms with Crippen LogP contribution in [0.25, 0.3) is 0 Å². The predicted octanol–water partition coefficient (Wildman–Crippen LogP) is 1.02. The van der Waals surface area contributed by atoms with Gasteiger partial charge >= 0.3 is 0 Å². The Kier molecular flexibility index (Phi) is 4.97. The van der Waals surface area contributed by atoms with Gasteiger partial charge in [-0.3, -0.25) is 0 Å². The zero-order chi connectivity index (χ0) is 13.9. The fourth-order valence-corrected chi connectivity index (χ4v) is 4.13. The molecule has 1 aromatic rings. The van der Waals surface area contributed by atoms with Gasteiger partial charge in [0.15, 0.2) is 0 Å². The van der Waals surface area contributed by atoms with E-state index in [2.05, 4.69) is 26.0 Å². The first-order valence-corrected chi connectivity index (χ1v) is 8.33. The summed E-state index contributed by atoms with van der Waals surface area (Å²) in [6, 6.07) is 5.19. The number of morpholine rings is 1. The second kappa shape index (κ2) is 6.32. The van der Waals surface area contributed by atoms with E-state index in [-0.39, 0.29) is 10.9 Å². The summed E-state index contributed by atoms with van der Waals surface area (Å²) in [6.07, 6.45) is 0. The van der Waals surface area contributed by atoms with Gasteiger partial charge in [-0.15, -0.1) is 0 Å². The maximum Gasteiger partial charge on any atom is 0.241 e. The van der Waals surface area contributed by atoms with Gasteiger partial charge in [-0.05, 0) is 40.5 Å². The van der Waals surface area contributed by atoms with Crippen molar-refractivity contribution < 1.29 is 13.2 Å². The third-order valence-corrected chi connectivity index (χ3v) is 5.30. The SMILES string of the molecule is Cc1ccc(S(=O)(=O)NCC2COCCN2)c(Br)c1. The largest absolute Gasteiger partial charge is 0.378 e. The van der Waals surface area contributed by atoms with E-state index in [1.807, 2.05) is 6.92 Å². The summed E-state index contributed by atoms with van der Waals surface area (Å²) in [7, 11) is -3.50. The first-order valence-electron chi connectivity index (χ1n) is 6.06. The third kappa shape index (κ3) is 4.00. The van der Waals surface area contributed by atoms with E-state index in [4.69, 9.17) is 4.74 Å². The van der Waals surface area contributed by atoms with Crippen LogP contribution < -0.4 is 10.0 Å². The lowest BCUT2D eigenvalue weighted by molar-refractivity contribution is 0.0784. The minimum Gasteiger partial charge on any atom is -0.378 e. The van der Waals surface area contributed by atoms with Gasteiger partial charge in [0.2, 0.25) is 10.0 Å². The van der Waals surface area contributed by atoms with Crippen molar-refractivity contribution >= 4 is 26.0 Å². The third-order valence-electron chi connectivity index (χ3n) is 2.90. The molecule has 0 aliphatic carbocycles. The smallest absolute Gasteiger partial charge is 0.241 e. The number of hydrogen-bond donors (Lipinski definition) is 2. The number of halogens is 1. The van der Waals surface area contributed by atoms with Gasteiger partial charge in [0.25, 0.3) is 0 Å². The van der Waals surface area contributed by atoms with Crippen molar-refractivity contribution in [2.75, 3.05) is 26.3 Å². The van der Waals surface area contributed by atoms with Crippen LogP contribution in [-0.2, 0) is 14.8 Å². The van der Waals surface area contributed by atoms with Crippen LogP contribution in [0, 0.1) is 6.92 Å². The van der Waals surface area contributed by atoms with E-state index in [1.54, 1.807) is 18.2 Å². The molecule has 0 bridgehead atoms. The Balaban J connectivity index is 2.05. The van der Waals surface area contributed by atoms with E-state index >= 15 is 0 Å². The summed E-state index contributed by atoms with van der Waals surface area (Å²) >= 11 is 3.29. The van der Waals surface area contributed by atoms with Crippen LogP contribution in [-0.4, -0.2) is 40.8 Å². The molecule has 1 aliphatic heterocycles. The maximum absolute atomic E-state index is 12.2. The molecule has 1 heterocycles. The van der Waals surface area contributed by atoms with Crippen LogP contribution in [0.15, 0.2) is 27.6 Å². The van der Waals surface area contributed by atoms with Gasteiger partial charge in [-0.2, -0.15) is 0 Å². The number of aryl methyl sites for hydroxylation is 1. The molecule has 0 spiro atoms. The highest BCUT2D eigenvalue weighted by atomic mass is 79.9. The van der Waals surface area contributed by atoms with Crippen LogP contribution in [0.2, 0.25) is 0 Å². The molecule has 1 atom stereocenters. The first-order chi connectivity index (χ1) is 8.99. The molecule has 1 aliphatic rings. The summed E-state index contributed by atoms with van der Waals surface area (Å²) in [5, 5.41) is 3.20. The lowest BCUT2D eigenvalue weighted by atomic mass is 10.2. The van der Waals surface area contributed by atoms with E-state index in [0.29, 0.717) is 24.2 Å². The normalized spacial score (nSPS) is 20.4. The Labute approximate surface area is 121 Å². The second-order valence-electron chi connectivity index (χ2n) is 4.51. The number of ether oxygens (including phenoxy) is 1. The highest BCUT2D eigenvalue weighted by molar-refractivity contribution is 9.10. The monoisotopic (exact) mass is 348 g/mol. The van der Waals surface area contributed by atoms with Crippen molar-refractivity contribution in [2.45, 2.75) is 17.9 Å². The van der Waals surface area contributed by atoms with Crippen molar-refractivity contribution in [1.82, 2.24) is 10.0 Å². The zero-order valence-electron chi connectivity index (χ0n) is 10.6. The van der Waals surface area contributed by atoms with Crippen LogP contribution in [0.5, 0.6) is 0 Å². The van der Waals surface area contributed by atoms with Gasteiger partial charge in [0.1, 0.15) is 0 Å². The molecule has 5 nitrogen and oxygen atoms in total. The van der Waals surface area contributed by atoms with E-state index in [1.165, 1.54) is 0 Å². The summed E-state index contributed by atoms with van der Waals surface area (Å²) in [5.74, 6) is 0. The highest BCUT2D eigenvalue weighted by Crippen LogP contribution is 2.22. The summed E-state index contributed by atoms with van der Waals surface area (Å²) < 4.78 is 32.9. The molecule has 7 heteroatoms. The Bertz CT molecular complexity index is 542. The van der Waals surface area contributed by atoms with E-state index in [9.17, 15) is 8.42 Å². The van der Waals surface area contributed by atoms with E-state index in [0.717, 1.165) is 12.1 Å². The molecule has 1 unspecified atom stereocenters. The number of benzene rings is 1. The lowest BCUT2D eigenvalue weighted by Gasteiger charge is -2.24. The van der Waals surface area contributed by atoms with Crippen molar-refractivity contribution in [3.8, 4) is 0 Å². The van der Waals surface area contributed by atoms with Crippen LogP contribution in [0.4, 0.5) is 0 Å². The molecule has 0 saturated carbocycles. The molecule has 1 saturated heterocycles. The van der Waals surface area contributed by atoms with Gasteiger partial charge in [-0.25, -0.2) is 13.1 Å². The van der Waals surface area contributed by atoms with E-state index < -0.39 is 10.0 Å². The average Bonchev–Trinajstić information content (AvgIpc) is 2.37. The van der Waals surface area contributed by atoms with Crippen molar-refractivity contribution in [1.29, 1.82) is 0 Å². The average molecular weight is 349 g/mol. The van der Waals surface area contributed by atoms with Gasteiger partial charge in [-0.1, -0.05) is 6.07 Å². The molecular formula is C12H17BrN2O3S. The first kappa shape index (κ1) is 14.9. The Morgan fingerprint density at radius 3 is 2.95 bits per heavy atom. The van der Waals surface area contributed by atoms with Crippen LogP contribution >= 0.6 is 15.9 Å². The van der Waals surface area contributed by atoms with Gasteiger partial charge in [0.05, 0.1) is 18.1 Å². The Morgan fingerprint density at radius 1 is 1.53 bits per heavy atom. The molecule has 19 heavy (non-hydrogen) atoms. The standard InChI is InChI=1S/C12H17BrN2O3S/c1-9-2-3-12(11(13)6-9)19(16,17)15-7-10-8-18-5-4-14-10/h2-3,6,10,14-15H,4-5,7-8H2,1H3. The van der Waals surface area contributed by atoms with Crippen molar-refractivity contribution in [2.24, 2.45) is 0 Å². The Hall–Kier alpha value is -0.470. The van der Waals surface area contributed by atoms with Crippen LogP contribution in [0.3, 0.4) is 0 Å². The quantitative estimate of drug-likeness (QED) is 0.852. The minimum absolute atomic E-state index is 0.0211. The van der Waals surface area contributed by atoms with Gasteiger partial charge in [0, 0.05) is 23.6 Å². The molecule has 1 fully saturated rings. The number of nitrogens with one attached hydrogen (secondary N) is 2. The number of rotatable bonds is 4. The highest BCUT2D eigenvalue weighted by Gasteiger charge is 2.20. The van der Waals surface area contributed by atoms with Crippen molar-refractivity contribution in [3.05, 3.63) is 28.2 Å². The summed E-state index contributed by atoms with van der Waals surface area (Å²) in [5.41, 5.74) is 1.01. The van der Waals surface area contributed by atoms with Crippen molar-refractivity contribution in [3.63, 3.8) is 0 Å².